The minimum atomic E-state index is -0.774. The fourth-order valence-electron chi connectivity index (χ4n) is 9.70. The lowest BCUT2D eigenvalue weighted by Gasteiger charge is -2.18. The zero-order valence-corrected chi connectivity index (χ0v) is 51.2. The smallest absolute Gasteiger partial charge is 0.306 e. The van der Waals surface area contributed by atoms with Crippen LogP contribution in [-0.4, -0.2) is 37.2 Å². The van der Waals surface area contributed by atoms with E-state index >= 15 is 0 Å². The Kier molecular flexibility index (Phi) is 62.7. The van der Waals surface area contributed by atoms with E-state index in [-0.39, 0.29) is 31.1 Å². The van der Waals surface area contributed by atoms with Crippen LogP contribution in [0.2, 0.25) is 0 Å². The summed E-state index contributed by atoms with van der Waals surface area (Å²) in [7, 11) is 0. The van der Waals surface area contributed by atoms with E-state index < -0.39 is 6.10 Å². The first-order chi connectivity index (χ1) is 38.0. The summed E-state index contributed by atoms with van der Waals surface area (Å²) in [6.07, 6.45) is 85.0. The molecule has 0 saturated heterocycles. The molecular weight excluding hydrogens is 949 g/mol. The zero-order chi connectivity index (χ0) is 55.7. The largest absolute Gasteiger partial charge is 0.462 e. The molecule has 446 valence electrons. The van der Waals surface area contributed by atoms with Crippen LogP contribution >= 0.6 is 0 Å². The normalized spacial score (nSPS) is 12.5. The highest BCUT2D eigenvalue weighted by Gasteiger charge is 2.19. The van der Waals surface area contributed by atoms with Gasteiger partial charge < -0.3 is 14.2 Å². The van der Waals surface area contributed by atoms with Gasteiger partial charge in [0, 0.05) is 19.3 Å². The second-order valence-corrected chi connectivity index (χ2v) is 22.4. The Labute approximate surface area is 478 Å². The maximum absolute atomic E-state index is 12.9. The van der Waals surface area contributed by atoms with Crippen molar-refractivity contribution in [2.75, 3.05) is 13.2 Å². The van der Waals surface area contributed by atoms with Crippen molar-refractivity contribution < 1.29 is 28.6 Å². The van der Waals surface area contributed by atoms with Crippen molar-refractivity contribution in [3.63, 3.8) is 0 Å². The Hall–Kier alpha value is -3.15. The Morgan fingerprint density at radius 2 is 0.506 bits per heavy atom. The molecule has 0 aromatic carbocycles. The lowest BCUT2D eigenvalue weighted by molar-refractivity contribution is -0.167. The quantitative estimate of drug-likeness (QED) is 0.0261. The van der Waals surface area contributed by atoms with Crippen LogP contribution < -0.4 is 0 Å². The SMILES string of the molecule is CC/C=C\C/C=C\C/C=C\C/C=C\CCCCCCCCCCCCCCC(=O)OCC(COC(=O)CCCCCCCCCCC)OC(=O)CCCCCCCCCCCCCCC/C=C\C/C=C\CCCCCCC. The van der Waals surface area contributed by atoms with E-state index in [9.17, 15) is 14.4 Å². The van der Waals surface area contributed by atoms with E-state index in [1.54, 1.807) is 0 Å². The molecule has 0 aromatic heterocycles. The first-order valence-electron chi connectivity index (χ1n) is 33.4. The summed E-state index contributed by atoms with van der Waals surface area (Å²) in [6, 6.07) is 0. The number of ether oxygens (including phenoxy) is 3. The molecule has 6 heteroatoms. The number of esters is 3. The lowest BCUT2D eigenvalue weighted by Crippen LogP contribution is -2.30. The number of carbonyl (C=O) groups excluding carboxylic acids is 3. The van der Waals surface area contributed by atoms with Crippen LogP contribution in [-0.2, 0) is 28.6 Å². The van der Waals surface area contributed by atoms with Gasteiger partial charge in [0.15, 0.2) is 6.10 Å². The molecule has 0 spiro atoms. The summed E-state index contributed by atoms with van der Waals surface area (Å²) in [6.45, 7) is 6.54. The molecule has 0 heterocycles. The van der Waals surface area contributed by atoms with Crippen molar-refractivity contribution in [2.24, 2.45) is 0 Å². The first kappa shape index (κ1) is 73.8. The molecule has 1 atom stereocenters. The Bertz CT molecular complexity index is 1420. The maximum Gasteiger partial charge on any atom is 0.306 e. The molecule has 0 aliphatic rings. The van der Waals surface area contributed by atoms with Gasteiger partial charge in [0.25, 0.3) is 0 Å². The molecule has 0 bridgehead atoms. The molecule has 0 amide bonds. The Balaban J connectivity index is 4.17. The molecule has 6 nitrogen and oxygen atoms in total. The van der Waals surface area contributed by atoms with E-state index in [1.807, 2.05) is 0 Å². The summed E-state index contributed by atoms with van der Waals surface area (Å²) in [4.78, 5) is 38.2. The van der Waals surface area contributed by atoms with Gasteiger partial charge in [-0.1, -0.05) is 306 Å². The molecule has 0 aliphatic carbocycles. The van der Waals surface area contributed by atoms with Gasteiger partial charge in [-0.05, 0) is 89.9 Å². The highest BCUT2D eigenvalue weighted by atomic mass is 16.6. The van der Waals surface area contributed by atoms with E-state index in [2.05, 4.69) is 93.7 Å². The summed E-state index contributed by atoms with van der Waals surface area (Å²) < 4.78 is 16.9. The average Bonchev–Trinajstić information content (AvgIpc) is 3.43. The van der Waals surface area contributed by atoms with Gasteiger partial charge in [-0.2, -0.15) is 0 Å². The van der Waals surface area contributed by atoms with Crippen LogP contribution in [0.15, 0.2) is 72.9 Å². The third-order valence-electron chi connectivity index (χ3n) is 14.7. The van der Waals surface area contributed by atoms with Crippen LogP contribution in [0.5, 0.6) is 0 Å². The standard InChI is InChI=1S/C71H126O6/c1-4-7-10-13-16-19-21-23-25-27-29-31-33-35-37-39-41-43-45-47-49-52-55-58-61-64-70(73)76-67-68(66-75-69(72)63-60-57-54-51-18-15-12-9-6-3)77-71(74)65-62-59-56-53-50-48-46-44-42-40-38-36-34-32-30-28-26-24-22-20-17-14-11-8-5-2/h7,10,16,19,22-25,28-31,68H,4-6,8-9,11-15,17-18,20-21,26-27,32-67H2,1-3H3/b10-7-,19-16-,24-22-,25-23-,30-28-,31-29-. The Morgan fingerprint density at radius 1 is 0.273 bits per heavy atom. The van der Waals surface area contributed by atoms with Crippen molar-refractivity contribution in [3.05, 3.63) is 72.9 Å². The summed E-state index contributed by atoms with van der Waals surface area (Å²) in [5.41, 5.74) is 0. The summed E-state index contributed by atoms with van der Waals surface area (Å²) >= 11 is 0. The predicted octanol–water partition coefficient (Wildman–Crippen LogP) is 22.9. The molecule has 0 radical (unpaired) electrons. The van der Waals surface area contributed by atoms with Gasteiger partial charge in [-0.3, -0.25) is 14.4 Å². The molecule has 0 rings (SSSR count). The third-order valence-corrected chi connectivity index (χ3v) is 14.7. The van der Waals surface area contributed by atoms with Gasteiger partial charge in [0.1, 0.15) is 13.2 Å². The minimum Gasteiger partial charge on any atom is -0.462 e. The van der Waals surface area contributed by atoms with Crippen LogP contribution in [0.4, 0.5) is 0 Å². The molecular formula is C71H126O6. The van der Waals surface area contributed by atoms with E-state index in [0.29, 0.717) is 19.3 Å². The number of hydrogen-bond donors (Lipinski definition) is 0. The molecule has 0 fully saturated rings. The van der Waals surface area contributed by atoms with Crippen molar-refractivity contribution >= 4 is 17.9 Å². The number of hydrogen-bond acceptors (Lipinski definition) is 6. The molecule has 77 heavy (non-hydrogen) atoms. The summed E-state index contributed by atoms with van der Waals surface area (Å²) in [5, 5.41) is 0. The van der Waals surface area contributed by atoms with Crippen LogP contribution in [0.1, 0.15) is 342 Å². The maximum atomic E-state index is 12.9. The van der Waals surface area contributed by atoms with Gasteiger partial charge in [-0.15, -0.1) is 0 Å². The monoisotopic (exact) mass is 1070 g/mol. The second kappa shape index (κ2) is 65.4. The highest BCUT2D eigenvalue weighted by Crippen LogP contribution is 2.17. The van der Waals surface area contributed by atoms with Crippen LogP contribution in [0, 0.1) is 0 Å². The third kappa shape index (κ3) is 63.6. The van der Waals surface area contributed by atoms with Crippen molar-refractivity contribution in [1.82, 2.24) is 0 Å². The van der Waals surface area contributed by atoms with Gasteiger partial charge in [-0.25, -0.2) is 0 Å². The molecule has 0 N–H and O–H groups in total. The van der Waals surface area contributed by atoms with E-state index in [0.717, 1.165) is 89.9 Å². The summed E-state index contributed by atoms with van der Waals surface area (Å²) in [5.74, 6) is -0.861. The molecule has 0 aromatic rings. The first-order valence-corrected chi connectivity index (χ1v) is 33.4. The number of allylic oxidation sites excluding steroid dienone is 12. The fraction of sp³-hybridized carbons (Fsp3) is 0.789. The highest BCUT2D eigenvalue weighted by molar-refractivity contribution is 5.71. The second-order valence-electron chi connectivity index (χ2n) is 22.4. The lowest BCUT2D eigenvalue weighted by atomic mass is 10.0. The number of carbonyl (C=O) groups is 3. The van der Waals surface area contributed by atoms with Crippen molar-refractivity contribution in [3.8, 4) is 0 Å². The van der Waals surface area contributed by atoms with Crippen LogP contribution in [0.25, 0.3) is 0 Å². The molecule has 1 unspecified atom stereocenters. The van der Waals surface area contributed by atoms with E-state index in [4.69, 9.17) is 14.2 Å². The number of rotatable bonds is 61. The Morgan fingerprint density at radius 3 is 0.792 bits per heavy atom. The topological polar surface area (TPSA) is 78.9 Å². The van der Waals surface area contributed by atoms with Gasteiger partial charge >= 0.3 is 17.9 Å². The average molecular weight is 1080 g/mol. The minimum absolute atomic E-state index is 0.0722. The molecule has 0 saturated carbocycles. The van der Waals surface area contributed by atoms with Crippen LogP contribution in [0.3, 0.4) is 0 Å². The predicted molar refractivity (Wildman–Crippen MR) is 335 cm³/mol. The number of unbranched alkanes of at least 4 members (excludes halogenated alkanes) is 38. The van der Waals surface area contributed by atoms with Gasteiger partial charge in [0.05, 0.1) is 0 Å². The van der Waals surface area contributed by atoms with E-state index in [1.165, 1.54) is 212 Å². The van der Waals surface area contributed by atoms with Crippen molar-refractivity contribution in [1.29, 1.82) is 0 Å². The van der Waals surface area contributed by atoms with Gasteiger partial charge in [0.2, 0.25) is 0 Å². The fourth-order valence-corrected chi connectivity index (χ4v) is 9.70. The van der Waals surface area contributed by atoms with Crippen molar-refractivity contribution in [2.45, 2.75) is 348 Å². The zero-order valence-electron chi connectivity index (χ0n) is 51.2. The molecule has 0 aliphatic heterocycles.